The monoisotopic (exact) mass is 269 g/mol. The van der Waals surface area contributed by atoms with E-state index >= 15 is 0 Å². The van der Waals surface area contributed by atoms with Crippen LogP contribution in [0.5, 0.6) is 5.75 Å². The molecule has 1 fully saturated rings. The average molecular weight is 269 g/mol. The zero-order chi connectivity index (χ0) is 13.0. The highest BCUT2D eigenvalue weighted by molar-refractivity contribution is 7.92. The second-order valence-corrected chi connectivity index (χ2v) is 6.57. The molecule has 1 aromatic carbocycles. The van der Waals surface area contributed by atoms with Gasteiger partial charge in [-0.1, -0.05) is 0 Å². The molecule has 1 aliphatic carbocycles. The second kappa shape index (κ2) is 5.61. The lowest BCUT2D eigenvalue weighted by Crippen LogP contribution is -2.14. The summed E-state index contributed by atoms with van der Waals surface area (Å²) >= 11 is 0. The van der Waals surface area contributed by atoms with Gasteiger partial charge in [0.05, 0.1) is 11.9 Å². The van der Waals surface area contributed by atoms with Gasteiger partial charge in [-0.2, -0.15) is 0 Å². The molecule has 2 rings (SSSR count). The third-order valence-corrected chi connectivity index (χ3v) is 4.42. The number of sulfonamides is 1. The summed E-state index contributed by atoms with van der Waals surface area (Å²) in [5.74, 6) is 0.884. The Balaban J connectivity index is 1.96. The molecular formula is C13H19NO3S. The number of ether oxygens (including phenoxy) is 1. The number of hydrogen-bond acceptors (Lipinski definition) is 3. The largest absolute Gasteiger partial charge is 0.490 e. The molecule has 1 saturated carbocycles. The molecule has 18 heavy (non-hydrogen) atoms. The van der Waals surface area contributed by atoms with Crippen LogP contribution >= 0.6 is 0 Å². The molecule has 0 aliphatic heterocycles. The Kier molecular flexibility index (Phi) is 4.11. The SMILES string of the molecule is CCS(=O)(=O)Nc1ccc(OC2CCCC2)cc1. The minimum Gasteiger partial charge on any atom is -0.490 e. The van der Waals surface area contributed by atoms with E-state index in [4.69, 9.17) is 4.74 Å². The van der Waals surface area contributed by atoms with E-state index in [2.05, 4.69) is 4.72 Å². The summed E-state index contributed by atoms with van der Waals surface area (Å²) in [5, 5.41) is 0. The number of nitrogens with one attached hydrogen (secondary N) is 1. The number of anilines is 1. The molecular weight excluding hydrogens is 250 g/mol. The lowest BCUT2D eigenvalue weighted by molar-refractivity contribution is 0.210. The quantitative estimate of drug-likeness (QED) is 0.894. The Morgan fingerprint density at radius 2 is 1.83 bits per heavy atom. The molecule has 0 unspecified atom stereocenters. The van der Waals surface area contributed by atoms with Crippen molar-refractivity contribution in [1.29, 1.82) is 0 Å². The predicted octanol–water partition coefficient (Wildman–Crippen LogP) is 2.77. The molecule has 1 aliphatic rings. The summed E-state index contributed by atoms with van der Waals surface area (Å²) in [7, 11) is -3.20. The third kappa shape index (κ3) is 3.63. The maximum Gasteiger partial charge on any atom is 0.232 e. The van der Waals surface area contributed by atoms with Crippen LogP contribution in [0.15, 0.2) is 24.3 Å². The summed E-state index contributed by atoms with van der Waals surface area (Å²) in [6.07, 6.45) is 5.02. The van der Waals surface area contributed by atoms with Crippen molar-refractivity contribution in [1.82, 2.24) is 0 Å². The molecule has 0 aromatic heterocycles. The highest BCUT2D eigenvalue weighted by atomic mass is 32.2. The van der Waals surface area contributed by atoms with Crippen LogP contribution in [0.3, 0.4) is 0 Å². The third-order valence-electron chi connectivity index (χ3n) is 3.11. The van der Waals surface area contributed by atoms with Crippen molar-refractivity contribution in [2.45, 2.75) is 38.7 Å². The van der Waals surface area contributed by atoms with Gasteiger partial charge in [-0.15, -0.1) is 0 Å². The van der Waals surface area contributed by atoms with E-state index in [1.54, 1.807) is 19.1 Å². The van der Waals surface area contributed by atoms with Crippen molar-refractivity contribution in [3.63, 3.8) is 0 Å². The van der Waals surface area contributed by atoms with Crippen LogP contribution in [0.4, 0.5) is 5.69 Å². The van der Waals surface area contributed by atoms with E-state index in [9.17, 15) is 8.42 Å². The molecule has 1 aromatic rings. The van der Waals surface area contributed by atoms with Crippen LogP contribution in [-0.2, 0) is 10.0 Å². The molecule has 4 nitrogen and oxygen atoms in total. The highest BCUT2D eigenvalue weighted by Crippen LogP contribution is 2.25. The molecule has 0 heterocycles. The van der Waals surface area contributed by atoms with Crippen LogP contribution in [0.2, 0.25) is 0 Å². The van der Waals surface area contributed by atoms with Gasteiger partial charge in [0.1, 0.15) is 5.75 Å². The van der Waals surface area contributed by atoms with Crippen LogP contribution < -0.4 is 9.46 Å². The summed E-state index contributed by atoms with van der Waals surface area (Å²) in [5.41, 5.74) is 0.579. The summed E-state index contributed by atoms with van der Waals surface area (Å²) in [6.45, 7) is 1.61. The second-order valence-electron chi connectivity index (χ2n) is 4.55. The van der Waals surface area contributed by atoms with Gasteiger partial charge in [-0.25, -0.2) is 8.42 Å². The smallest absolute Gasteiger partial charge is 0.232 e. The first kappa shape index (κ1) is 13.2. The Bertz CT molecular complexity index is 475. The van der Waals surface area contributed by atoms with E-state index in [-0.39, 0.29) is 5.75 Å². The topological polar surface area (TPSA) is 55.4 Å². The van der Waals surface area contributed by atoms with Crippen LogP contribution in [0.1, 0.15) is 32.6 Å². The van der Waals surface area contributed by atoms with Crippen molar-refractivity contribution >= 4 is 15.7 Å². The summed E-state index contributed by atoms with van der Waals surface area (Å²) in [4.78, 5) is 0. The first-order valence-corrected chi connectivity index (χ1v) is 8.01. The van der Waals surface area contributed by atoms with E-state index in [1.165, 1.54) is 12.8 Å². The van der Waals surface area contributed by atoms with Gasteiger partial charge in [0.15, 0.2) is 0 Å². The van der Waals surface area contributed by atoms with Gasteiger partial charge >= 0.3 is 0 Å². The number of hydrogen-bond donors (Lipinski definition) is 1. The number of benzene rings is 1. The lowest BCUT2D eigenvalue weighted by Gasteiger charge is -2.13. The molecule has 0 bridgehead atoms. The predicted molar refractivity (Wildman–Crippen MR) is 72.4 cm³/mol. The summed E-state index contributed by atoms with van der Waals surface area (Å²) in [6, 6.07) is 7.09. The highest BCUT2D eigenvalue weighted by Gasteiger charge is 2.16. The van der Waals surface area contributed by atoms with Gasteiger partial charge < -0.3 is 4.74 Å². The molecule has 0 saturated heterocycles. The van der Waals surface area contributed by atoms with E-state index < -0.39 is 10.0 Å². The fourth-order valence-electron chi connectivity index (χ4n) is 2.05. The van der Waals surface area contributed by atoms with Gasteiger partial charge in [-0.05, 0) is 56.9 Å². The van der Waals surface area contributed by atoms with Gasteiger partial charge in [-0.3, -0.25) is 4.72 Å². The van der Waals surface area contributed by atoms with Crippen molar-refractivity contribution in [2.75, 3.05) is 10.5 Å². The van der Waals surface area contributed by atoms with Crippen molar-refractivity contribution < 1.29 is 13.2 Å². The maximum atomic E-state index is 11.4. The van der Waals surface area contributed by atoms with Crippen molar-refractivity contribution in [2.24, 2.45) is 0 Å². The fourth-order valence-corrected chi connectivity index (χ4v) is 2.69. The lowest BCUT2D eigenvalue weighted by atomic mass is 10.3. The normalized spacial score (nSPS) is 16.7. The Labute approximate surface area is 108 Å². The molecule has 100 valence electrons. The minimum atomic E-state index is -3.20. The van der Waals surface area contributed by atoms with Crippen LogP contribution in [-0.4, -0.2) is 20.3 Å². The summed E-state index contributed by atoms with van der Waals surface area (Å²) < 4.78 is 31.1. The van der Waals surface area contributed by atoms with Gasteiger partial charge in [0.25, 0.3) is 0 Å². The molecule has 1 N–H and O–H groups in total. The van der Waals surface area contributed by atoms with Crippen molar-refractivity contribution in [3.8, 4) is 5.75 Å². The zero-order valence-corrected chi connectivity index (χ0v) is 11.4. The molecule has 0 radical (unpaired) electrons. The molecule has 0 spiro atoms. The molecule has 5 heteroatoms. The minimum absolute atomic E-state index is 0.0767. The molecule has 0 atom stereocenters. The Morgan fingerprint density at radius 1 is 1.22 bits per heavy atom. The number of rotatable bonds is 5. The fraction of sp³-hybridized carbons (Fsp3) is 0.538. The van der Waals surface area contributed by atoms with E-state index in [0.29, 0.717) is 11.8 Å². The van der Waals surface area contributed by atoms with Crippen LogP contribution in [0.25, 0.3) is 0 Å². The van der Waals surface area contributed by atoms with Gasteiger partial charge in [0.2, 0.25) is 10.0 Å². The Hall–Kier alpha value is -1.23. The average Bonchev–Trinajstić information content (AvgIpc) is 2.84. The van der Waals surface area contributed by atoms with Crippen molar-refractivity contribution in [3.05, 3.63) is 24.3 Å². The zero-order valence-electron chi connectivity index (χ0n) is 10.6. The van der Waals surface area contributed by atoms with Gasteiger partial charge in [0, 0.05) is 5.69 Å². The van der Waals surface area contributed by atoms with Crippen LogP contribution in [0, 0.1) is 0 Å². The Morgan fingerprint density at radius 3 is 2.39 bits per heavy atom. The molecule has 0 amide bonds. The first-order chi connectivity index (χ1) is 8.59. The van der Waals surface area contributed by atoms with E-state index in [1.807, 2.05) is 12.1 Å². The maximum absolute atomic E-state index is 11.4. The van der Waals surface area contributed by atoms with E-state index in [0.717, 1.165) is 18.6 Å². The first-order valence-electron chi connectivity index (χ1n) is 6.36. The standard InChI is InChI=1S/C13H19NO3S/c1-2-18(15,16)14-11-7-9-13(10-8-11)17-12-5-3-4-6-12/h7-10,12,14H,2-6H2,1H3.